The van der Waals surface area contributed by atoms with E-state index in [1.54, 1.807) is 0 Å². The van der Waals surface area contributed by atoms with Crippen LogP contribution in [0.5, 0.6) is 0 Å². The second kappa shape index (κ2) is 19.9. The molecule has 0 saturated heterocycles. The summed E-state index contributed by atoms with van der Waals surface area (Å²) in [5.74, 6) is 0. The van der Waals surface area contributed by atoms with Gasteiger partial charge in [0.2, 0.25) is 0 Å². The van der Waals surface area contributed by atoms with E-state index in [0.29, 0.717) is 0 Å². The molecular formula is C18H39CuO4P. The third-order valence-electron chi connectivity index (χ3n) is 4.26. The molecule has 0 spiro atoms. The minimum atomic E-state index is -4.26. The van der Waals surface area contributed by atoms with Crippen molar-refractivity contribution in [3.05, 3.63) is 0 Å². The molecular weight excluding hydrogens is 375 g/mol. The first-order valence-electron chi connectivity index (χ1n) is 9.76. The summed E-state index contributed by atoms with van der Waals surface area (Å²) < 4.78 is 14.9. The molecule has 0 rings (SSSR count). The van der Waals surface area contributed by atoms with Crippen LogP contribution in [0.15, 0.2) is 0 Å². The van der Waals surface area contributed by atoms with Gasteiger partial charge in [-0.05, 0) is 6.42 Å². The Kier molecular flexibility index (Phi) is 22.3. The Hall–Kier alpha value is 0.629. The molecule has 0 aliphatic carbocycles. The van der Waals surface area contributed by atoms with Gasteiger partial charge in [-0.2, -0.15) is 0 Å². The second-order valence-corrected chi connectivity index (χ2v) is 7.87. The van der Waals surface area contributed by atoms with E-state index in [0.717, 1.165) is 19.3 Å². The van der Waals surface area contributed by atoms with Crippen molar-refractivity contribution in [1.29, 1.82) is 0 Å². The van der Waals surface area contributed by atoms with E-state index in [9.17, 15) is 4.57 Å². The largest absolute Gasteiger partial charge is 0.469 e. The number of phosphoric acid groups is 1. The molecule has 0 aromatic rings. The summed E-state index contributed by atoms with van der Waals surface area (Å²) in [7, 11) is -4.26. The van der Waals surface area contributed by atoms with Crippen LogP contribution in [0.3, 0.4) is 0 Å². The SMILES string of the molecule is CCCCCCCCCCCCCCCCCCOP(=O)(O)O.[Cu]. The van der Waals surface area contributed by atoms with Gasteiger partial charge in [-0.15, -0.1) is 0 Å². The summed E-state index contributed by atoms with van der Waals surface area (Å²) in [4.78, 5) is 17.1. The third-order valence-corrected chi connectivity index (χ3v) is 4.78. The third kappa shape index (κ3) is 24.9. The molecule has 2 N–H and O–H groups in total. The maximum atomic E-state index is 10.5. The Morgan fingerprint density at radius 1 is 0.625 bits per heavy atom. The standard InChI is InChI=1S/C18H39O4P.Cu/c1-2-3-4-5-6-7-8-9-10-11-12-13-14-15-16-17-18-22-23(19,20)21;/h2-18H2,1H3,(H2,19,20,21);. The van der Waals surface area contributed by atoms with E-state index >= 15 is 0 Å². The molecule has 0 aliphatic rings. The topological polar surface area (TPSA) is 66.8 Å². The van der Waals surface area contributed by atoms with Gasteiger partial charge in [0.05, 0.1) is 6.61 Å². The summed E-state index contributed by atoms with van der Waals surface area (Å²) in [6.07, 6.45) is 20.7. The predicted molar refractivity (Wildman–Crippen MR) is 97.5 cm³/mol. The summed E-state index contributed by atoms with van der Waals surface area (Å²) >= 11 is 0. The van der Waals surface area contributed by atoms with Crippen molar-refractivity contribution in [1.82, 2.24) is 0 Å². The number of rotatable bonds is 18. The zero-order valence-corrected chi connectivity index (χ0v) is 17.3. The molecule has 0 heterocycles. The molecule has 6 heteroatoms. The van der Waals surface area contributed by atoms with Crippen molar-refractivity contribution in [2.75, 3.05) is 6.61 Å². The van der Waals surface area contributed by atoms with Crippen LogP contribution in [0.25, 0.3) is 0 Å². The number of hydrogen-bond donors (Lipinski definition) is 2. The molecule has 4 nitrogen and oxygen atoms in total. The molecule has 0 fully saturated rings. The molecule has 0 bridgehead atoms. The fourth-order valence-corrected chi connectivity index (χ4v) is 3.20. The van der Waals surface area contributed by atoms with E-state index in [-0.39, 0.29) is 23.7 Å². The maximum absolute atomic E-state index is 10.5. The number of hydrogen-bond acceptors (Lipinski definition) is 2. The first-order valence-corrected chi connectivity index (χ1v) is 11.3. The summed E-state index contributed by atoms with van der Waals surface area (Å²) in [6.45, 7) is 2.43. The Bertz CT molecular complexity index is 284. The van der Waals surface area contributed by atoms with Crippen LogP contribution in [0.4, 0.5) is 0 Å². The molecule has 0 aromatic heterocycles. The molecule has 0 atom stereocenters. The monoisotopic (exact) mass is 413 g/mol. The van der Waals surface area contributed by atoms with Crippen molar-refractivity contribution < 1.29 is 35.9 Å². The first kappa shape index (κ1) is 26.9. The van der Waals surface area contributed by atoms with Gasteiger partial charge in [-0.25, -0.2) is 4.57 Å². The second-order valence-electron chi connectivity index (χ2n) is 6.63. The van der Waals surface area contributed by atoms with Crippen LogP contribution in [-0.4, -0.2) is 16.4 Å². The molecule has 0 amide bonds. The Labute approximate surface area is 160 Å². The molecule has 24 heavy (non-hydrogen) atoms. The Morgan fingerprint density at radius 2 is 0.917 bits per heavy atom. The van der Waals surface area contributed by atoms with Gasteiger partial charge >= 0.3 is 7.82 Å². The van der Waals surface area contributed by atoms with Crippen molar-refractivity contribution in [3.63, 3.8) is 0 Å². The van der Waals surface area contributed by atoms with Crippen molar-refractivity contribution in [3.8, 4) is 0 Å². The van der Waals surface area contributed by atoms with Gasteiger partial charge < -0.3 is 9.79 Å². The Balaban J connectivity index is 0. The van der Waals surface area contributed by atoms with E-state index in [1.165, 1.54) is 83.5 Å². The van der Waals surface area contributed by atoms with Crippen LogP contribution in [0.1, 0.15) is 110 Å². The van der Waals surface area contributed by atoms with E-state index in [1.807, 2.05) is 0 Å². The first-order chi connectivity index (χ1) is 11.1. The van der Waals surface area contributed by atoms with Crippen LogP contribution >= 0.6 is 7.82 Å². The smallest absolute Gasteiger partial charge is 0.303 e. The predicted octanol–water partition coefficient (Wildman–Crippen LogP) is 6.35. The average Bonchev–Trinajstić information content (AvgIpc) is 2.49. The molecule has 1 radical (unpaired) electrons. The molecule has 0 saturated carbocycles. The van der Waals surface area contributed by atoms with Gasteiger partial charge in [-0.3, -0.25) is 4.52 Å². The van der Waals surface area contributed by atoms with Crippen LogP contribution in [-0.2, 0) is 26.2 Å². The Morgan fingerprint density at radius 3 is 1.21 bits per heavy atom. The average molecular weight is 414 g/mol. The molecule has 0 aliphatic heterocycles. The zero-order chi connectivity index (χ0) is 17.2. The fraction of sp³-hybridized carbons (Fsp3) is 1.00. The maximum Gasteiger partial charge on any atom is 0.469 e. The minimum absolute atomic E-state index is 0. The molecule has 0 unspecified atom stereocenters. The van der Waals surface area contributed by atoms with E-state index in [2.05, 4.69) is 11.4 Å². The van der Waals surface area contributed by atoms with Gasteiger partial charge in [0.25, 0.3) is 0 Å². The summed E-state index contributed by atoms with van der Waals surface area (Å²) in [6, 6.07) is 0. The summed E-state index contributed by atoms with van der Waals surface area (Å²) in [5, 5.41) is 0. The van der Waals surface area contributed by atoms with E-state index in [4.69, 9.17) is 9.79 Å². The van der Waals surface area contributed by atoms with Crippen LogP contribution in [0, 0.1) is 0 Å². The minimum Gasteiger partial charge on any atom is -0.303 e. The van der Waals surface area contributed by atoms with Crippen molar-refractivity contribution in [2.45, 2.75) is 110 Å². The number of unbranched alkanes of at least 4 members (excludes halogenated alkanes) is 15. The van der Waals surface area contributed by atoms with Gasteiger partial charge in [0, 0.05) is 17.1 Å². The number of phosphoric ester groups is 1. The van der Waals surface area contributed by atoms with Crippen molar-refractivity contribution in [2.24, 2.45) is 0 Å². The van der Waals surface area contributed by atoms with Crippen LogP contribution in [0.2, 0.25) is 0 Å². The normalized spacial score (nSPS) is 11.5. The van der Waals surface area contributed by atoms with Gasteiger partial charge in [0.1, 0.15) is 0 Å². The quantitative estimate of drug-likeness (QED) is 0.156. The van der Waals surface area contributed by atoms with Gasteiger partial charge in [0.15, 0.2) is 0 Å². The molecule has 0 aromatic carbocycles. The summed E-state index contributed by atoms with van der Waals surface area (Å²) in [5.41, 5.74) is 0. The van der Waals surface area contributed by atoms with E-state index < -0.39 is 7.82 Å². The fourth-order valence-electron chi connectivity index (χ4n) is 2.83. The van der Waals surface area contributed by atoms with Crippen molar-refractivity contribution >= 4 is 7.82 Å². The zero-order valence-electron chi connectivity index (χ0n) is 15.5. The van der Waals surface area contributed by atoms with Crippen LogP contribution < -0.4 is 0 Å². The van der Waals surface area contributed by atoms with Gasteiger partial charge in [-0.1, -0.05) is 103 Å². The molecule has 151 valence electrons.